The quantitative estimate of drug-likeness (QED) is 0.356. The second kappa shape index (κ2) is 12.4. The van der Waals surface area contributed by atoms with Gasteiger partial charge in [-0.3, -0.25) is 4.90 Å². The Kier molecular flexibility index (Phi) is 9.22. The molecule has 2 N–H and O–H groups in total. The average Bonchev–Trinajstić information content (AvgIpc) is 3.18. The molecule has 6 nitrogen and oxygen atoms in total. The molecule has 0 saturated carbocycles. The molecule has 0 atom stereocenters. The van der Waals surface area contributed by atoms with Crippen LogP contribution < -0.4 is 10.6 Å². The number of benzene rings is 1. The second-order valence-corrected chi connectivity index (χ2v) is 8.15. The third kappa shape index (κ3) is 7.48. The van der Waals surface area contributed by atoms with Crippen LogP contribution in [0, 0.1) is 6.92 Å². The fraction of sp³-hybridized carbons (Fsp3) is 0.583. The Labute approximate surface area is 181 Å². The molecule has 0 spiro atoms. The van der Waals surface area contributed by atoms with Gasteiger partial charge < -0.3 is 15.2 Å². The number of likely N-dealkylation sites (tertiary alicyclic amines) is 1. The van der Waals surface area contributed by atoms with Crippen molar-refractivity contribution in [3.05, 3.63) is 53.6 Å². The minimum atomic E-state index is 0.702. The number of aryl methyl sites for hydroxylation is 2. The minimum absolute atomic E-state index is 0.702. The van der Waals surface area contributed by atoms with Crippen LogP contribution in [-0.4, -0.2) is 46.6 Å². The van der Waals surface area contributed by atoms with Gasteiger partial charge >= 0.3 is 0 Å². The first-order valence-electron chi connectivity index (χ1n) is 11.5. The maximum atomic E-state index is 4.76. The monoisotopic (exact) mass is 410 g/mol. The first-order valence-corrected chi connectivity index (χ1v) is 11.5. The number of aromatic nitrogens is 2. The molecule has 1 aliphatic rings. The van der Waals surface area contributed by atoms with Crippen molar-refractivity contribution in [2.45, 2.75) is 65.6 Å². The van der Waals surface area contributed by atoms with Crippen LogP contribution >= 0.6 is 0 Å². The van der Waals surface area contributed by atoms with Crippen molar-refractivity contribution in [2.75, 3.05) is 26.2 Å². The Morgan fingerprint density at radius 3 is 2.50 bits per heavy atom. The lowest BCUT2D eigenvalue weighted by Gasteiger charge is -2.26. The number of imidazole rings is 1. The van der Waals surface area contributed by atoms with E-state index in [0.717, 1.165) is 50.8 Å². The van der Waals surface area contributed by atoms with Gasteiger partial charge in [-0.1, -0.05) is 30.7 Å². The Morgan fingerprint density at radius 1 is 1.03 bits per heavy atom. The van der Waals surface area contributed by atoms with E-state index in [1.807, 2.05) is 19.3 Å². The minimum Gasteiger partial charge on any atom is -0.357 e. The third-order valence-electron chi connectivity index (χ3n) is 5.68. The van der Waals surface area contributed by atoms with Gasteiger partial charge in [0.2, 0.25) is 0 Å². The van der Waals surface area contributed by atoms with Gasteiger partial charge in [-0.2, -0.15) is 0 Å². The van der Waals surface area contributed by atoms with Gasteiger partial charge in [-0.05, 0) is 63.7 Å². The van der Waals surface area contributed by atoms with Crippen LogP contribution in [0.25, 0.3) is 0 Å². The number of hydrogen-bond donors (Lipinski definition) is 2. The van der Waals surface area contributed by atoms with Gasteiger partial charge in [0.15, 0.2) is 5.96 Å². The van der Waals surface area contributed by atoms with Gasteiger partial charge in [0.25, 0.3) is 0 Å². The number of guanidine groups is 1. The zero-order valence-electron chi connectivity index (χ0n) is 18.7. The molecule has 0 bridgehead atoms. The highest BCUT2D eigenvalue weighted by Gasteiger charge is 2.10. The van der Waals surface area contributed by atoms with Crippen molar-refractivity contribution in [1.82, 2.24) is 25.1 Å². The van der Waals surface area contributed by atoms with Gasteiger partial charge in [0.05, 0.1) is 6.54 Å². The molecule has 3 rings (SSSR count). The van der Waals surface area contributed by atoms with Gasteiger partial charge in [0.1, 0.15) is 5.82 Å². The predicted octanol–water partition coefficient (Wildman–Crippen LogP) is 3.71. The first-order chi connectivity index (χ1) is 14.7. The molecule has 164 valence electrons. The Balaban J connectivity index is 1.40. The summed E-state index contributed by atoms with van der Waals surface area (Å²) < 4.78 is 2.20. The van der Waals surface area contributed by atoms with Crippen LogP contribution in [0.2, 0.25) is 0 Å². The molecule has 2 heterocycles. The smallest absolute Gasteiger partial charge is 0.191 e. The van der Waals surface area contributed by atoms with Gasteiger partial charge in [0, 0.05) is 38.6 Å². The van der Waals surface area contributed by atoms with E-state index < -0.39 is 0 Å². The summed E-state index contributed by atoms with van der Waals surface area (Å²) in [6.45, 7) is 11.2. The fourth-order valence-corrected chi connectivity index (χ4v) is 3.89. The molecular weight excluding hydrogens is 372 g/mol. The van der Waals surface area contributed by atoms with Gasteiger partial charge in [-0.15, -0.1) is 0 Å². The summed E-state index contributed by atoms with van der Waals surface area (Å²) in [4.78, 5) is 11.6. The highest BCUT2D eigenvalue weighted by atomic mass is 15.2. The normalized spacial score (nSPS) is 15.3. The number of rotatable bonds is 10. The molecular formula is C24H38N6. The molecule has 30 heavy (non-hydrogen) atoms. The number of unbranched alkanes of at least 4 members (excludes halogenated alkanes) is 1. The molecule has 1 saturated heterocycles. The Bertz CT molecular complexity index is 758. The van der Waals surface area contributed by atoms with Crippen molar-refractivity contribution in [3.63, 3.8) is 0 Å². The fourth-order valence-electron chi connectivity index (χ4n) is 3.89. The maximum absolute atomic E-state index is 4.76. The molecule has 1 aromatic heterocycles. The number of piperidine rings is 1. The number of nitrogens with one attached hydrogen (secondary N) is 2. The molecule has 6 heteroatoms. The van der Waals surface area contributed by atoms with E-state index >= 15 is 0 Å². The van der Waals surface area contributed by atoms with Gasteiger partial charge in [-0.25, -0.2) is 9.98 Å². The SMILES string of the molecule is CCNC(=NCc1ccc(CN2CCCCC2)cc1)NCCCCn1ccnc1C. The molecule has 0 aliphatic carbocycles. The number of hydrogen-bond acceptors (Lipinski definition) is 3. The lowest BCUT2D eigenvalue weighted by molar-refractivity contribution is 0.221. The zero-order valence-corrected chi connectivity index (χ0v) is 18.7. The van der Waals surface area contributed by atoms with Crippen molar-refractivity contribution in [3.8, 4) is 0 Å². The summed E-state index contributed by atoms with van der Waals surface area (Å²) in [7, 11) is 0. The summed E-state index contributed by atoms with van der Waals surface area (Å²) >= 11 is 0. The molecule has 1 fully saturated rings. The topological polar surface area (TPSA) is 57.5 Å². The van der Waals surface area contributed by atoms with Crippen molar-refractivity contribution >= 4 is 5.96 Å². The van der Waals surface area contributed by atoms with Crippen molar-refractivity contribution < 1.29 is 0 Å². The largest absolute Gasteiger partial charge is 0.357 e. The zero-order chi connectivity index (χ0) is 21.0. The van der Waals surface area contributed by atoms with E-state index in [-0.39, 0.29) is 0 Å². The van der Waals surface area contributed by atoms with Crippen LogP contribution in [0.5, 0.6) is 0 Å². The van der Waals surface area contributed by atoms with E-state index in [9.17, 15) is 0 Å². The molecule has 1 aliphatic heterocycles. The molecule has 0 radical (unpaired) electrons. The van der Waals surface area contributed by atoms with Crippen LogP contribution in [-0.2, 0) is 19.6 Å². The van der Waals surface area contributed by atoms with Crippen LogP contribution in [0.1, 0.15) is 56.0 Å². The highest BCUT2D eigenvalue weighted by molar-refractivity contribution is 5.79. The molecule has 0 unspecified atom stereocenters. The van der Waals surface area contributed by atoms with E-state index in [0.29, 0.717) is 6.54 Å². The maximum Gasteiger partial charge on any atom is 0.191 e. The van der Waals surface area contributed by atoms with E-state index in [1.54, 1.807) is 0 Å². The predicted molar refractivity (Wildman–Crippen MR) is 125 cm³/mol. The summed E-state index contributed by atoms with van der Waals surface area (Å²) in [5.74, 6) is 1.98. The van der Waals surface area contributed by atoms with E-state index in [2.05, 4.69) is 56.3 Å². The molecule has 0 amide bonds. The summed E-state index contributed by atoms with van der Waals surface area (Å²) in [6, 6.07) is 8.97. The van der Waals surface area contributed by atoms with Crippen LogP contribution in [0.15, 0.2) is 41.7 Å². The average molecular weight is 411 g/mol. The van der Waals surface area contributed by atoms with Crippen LogP contribution in [0.3, 0.4) is 0 Å². The second-order valence-electron chi connectivity index (χ2n) is 8.15. The van der Waals surface area contributed by atoms with Crippen molar-refractivity contribution in [1.29, 1.82) is 0 Å². The lowest BCUT2D eigenvalue weighted by atomic mass is 10.1. The third-order valence-corrected chi connectivity index (χ3v) is 5.68. The highest BCUT2D eigenvalue weighted by Crippen LogP contribution is 2.14. The Hall–Kier alpha value is -2.34. The summed E-state index contributed by atoms with van der Waals surface area (Å²) in [6.07, 6.45) is 10.2. The first kappa shape index (κ1) is 22.3. The standard InChI is InChI=1S/C24H38N6/c1-3-25-24(27-13-5-8-17-30-18-14-26-21(30)2)28-19-22-9-11-23(12-10-22)20-29-15-6-4-7-16-29/h9-12,14,18H,3-8,13,15-17,19-20H2,1-2H3,(H2,25,27,28). The van der Waals surface area contributed by atoms with E-state index in [1.165, 1.54) is 43.5 Å². The molecule has 2 aromatic rings. The lowest BCUT2D eigenvalue weighted by Crippen LogP contribution is -2.37. The number of aliphatic imine (C=N–C) groups is 1. The summed E-state index contributed by atoms with van der Waals surface area (Å²) in [5.41, 5.74) is 2.66. The number of nitrogens with zero attached hydrogens (tertiary/aromatic N) is 4. The Morgan fingerprint density at radius 2 is 1.80 bits per heavy atom. The van der Waals surface area contributed by atoms with Crippen LogP contribution in [0.4, 0.5) is 0 Å². The molecule has 1 aromatic carbocycles. The van der Waals surface area contributed by atoms with Crippen molar-refractivity contribution in [2.24, 2.45) is 4.99 Å². The summed E-state index contributed by atoms with van der Waals surface area (Å²) in [5, 5.41) is 6.81. The van der Waals surface area contributed by atoms with E-state index in [4.69, 9.17) is 4.99 Å².